The first-order chi connectivity index (χ1) is 14.0. The first-order valence-electron chi connectivity index (χ1n) is 9.03. The molecule has 0 atom stereocenters. The van der Waals surface area contributed by atoms with Crippen LogP contribution in [-0.2, 0) is 6.54 Å². The van der Waals surface area contributed by atoms with Crippen LogP contribution < -0.4 is 21.5 Å². The number of aromatic hydroxyl groups is 2. The molecule has 4 rings (SSSR count). The Morgan fingerprint density at radius 2 is 1.52 bits per heavy atom. The summed E-state index contributed by atoms with van der Waals surface area (Å²) in [6.07, 6.45) is 0. The van der Waals surface area contributed by atoms with Gasteiger partial charge in [-0.2, -0.15) is 0 Å². The van der Waals surface area contributed by atoms with Crippen molar-refractivity contribution in [3.63, 3.8) is 0 Å². The number of rotatable bonds is 6. The standard InChI is InChI=1S/C23H18N2O4/c26-17-8-4-5-14(11-17)13-24-20-21(23(29)22(20)28)25-16-9-10-19(27)18(12-16)15-6-2-1-3-7-15/h1-12,24-27H,13H2. The first-order valence-corrected chi connectivity index (χ1v) is 9.03. The molecule has 4 aromatic carbocycles. The smallest absolute Gasteiger partial charge is 0.253 e. The third kappa shape index (κ3) is 3.68. The van der Waals surface area contributed by atoms with Crippen LogP contribution >= 0.6 is 0 Å². The van der Waals surface area contributed by atoms with E-state index in [1.807, 2.05) is 30.3 Å². The lowest BCUT2D eigenvalue weighted by Crippen LogP contribution is -2.36. The third-order valence-electron chi connectivity index (χ3n) is 4.64. The van der Waals surface area contributed by atoms with Crippen molar-refractivity contribution in [2.45, 2.75) is 6.54 Å². The Kier molecular flexibility index (Phi) is 4.75. The summed E-state index contributed by atoms with van der Waals surface area (Å²) in [7, 11) is 0. The predicted molar refractivity (Wildman–Crippen MR) is 114 cm³/mol. The van der Waals surface area contributed by atoms with Crippen molar-refractivity contribution in [1.82, 2.24) is 0 Å². The number of phenolic OH excluding ortho intramolecular Hbond substituents is 2. The second-order valence-electron chi connectivity index (χ2n) is 6.65. The monoisotopic (exact) mass is 386 g/mol. The number of hydrogen-bond acceptors (Lipinski definition) is 6. The van der Waals surface area contributed by atoms with Crippen molar-refractivity contribution in [2.24, 2.45) is 0 Å². The second-order valence-corrected chi connectivity index (χ2v) is 6.65. The van der Waals surface area contributed by atoms with E-state index < -0.39 is 10.9 Å². The van der Waals surface area contributed by atoms with Crippen LogP contribution in [0.2, 0.25) is 0 Å². The summed E-state index contributed by atoms with van der Waals surface area (Å²) >= 11 is 0. The van der Waals surface area contributed by atoms with Gasteiger partial charge < -0.3 is 20.8 Å². The number of hydrogen-bond donors (Lipinski definition) is 4. The molecular weight excluding hydrogens is 368 g/mol. The molecule has 0 saturated heterocycles. The molecule has 0 bridgehead atoms. The molecule has 0 amide bonds. The Labute approximate surface area is 166 Å². The first kappa shape index (κ1) is 18.3. The van der Waals surface area contributed by atoms with E-state index in [-0.39, 0.29) is 22.9 Å². The minimum atomic E-state index is -0.599. The largest absolute Gasteiger partial charge is 0.508 e. The van der Waals surface area contributed by atoms with E-state index in [0.717, 1.165) is 11.1 Å². The molecule has 0 radical (unpaired) electrons. The number of nitrogens with one attached hydrogen (secondary N) is 2. The van der Waals surface area contributed by atoms with Gasteiger partial charge in [-0.3, -0.25) is 9.59 Å². The molecule has 4 aromatic rings. The molecule has 29 heavy (non-hydrogen) atoms. The van der Waals surface area contributed by atoms with Crippen molar-refractivity contribution in [1.29, 1.82) is 0 Å². The molecule has 0 heterocycles. The molecule has 0 spiro atoms. The Hall–Kier alpha value is -4.06. The lowest BCUT2D eigenvalue weighted by Gasteiger charge is -2.16. The Bertz CT molecular complexity index is 1240. The van der Waals surface area contributed by atoms with Gasteiger partial charge in [-0.15, -0.1) is 0 Å². The summed E-state index contributed by atoms with van der Waals surface area (Å²) in [5, 5.41) is 25.7. The van der Waals surface area contributed by atoms with Crippen molar-refractivity contribution in [3.8, 4) is 22.6 Å². The van der Waals surface area contributed by atoms with Gasteiger partial charge >= 0.3 is 0 Å². The summed E-state index contributed by atoms with van der Waals surface area (Å²) in [5.41, 5.74) is 2.00. The highest BCUT2D eigenvalue weighted by atomic mass is 16.3. The van der Waals surface area contributed by atoms with Gasteiger partial charge in [0.2, 0.25) is 0 Å². The number of benzene rings is 3. The van der Waals surface area contributed by atoms with Gasteiger partial charge in [0.25, 0.3) is 10.9 Å². The van der Waals surface area contributed by atoms with E-state index in [9.17, 15) is 19.8 Å². The Balaban J connectivity index is 1.57. The van der Waals surface area contributed by atoms with E-state index in [4.69, 9.17) is 0 Å². The summed E-state index contributed by atoms with van der Waals surface area (Å²) in [6.45, 7) is 0.290. The Morgan fingerprint density at radius 1 is 0.759 bits per heavy atom. The molecule has 6 heteroatoms. The zero-order chi connectivity index (χ0) is 20.4. The van der Waals surface area contributed by atoms with Gasteiger partial charge in [-0.25, -0.2) is 0 Å². The predicted octanol–water partition coefficient (Wildman–Crippen LogP) is 3.72. The molecule has 0 aliphatic heterocycles. The molecule has 144 valence electrons. The molecule has 0 aromatic heterocycles. The lowest BCUT2D eigenvalue weighted by molar-refractivity contribution is 0.474. The van der Waals surface area contributed by atoms with Crippen LogP contribution in [0.3, 0.4) is 0 Å². The highest BCUT2D eigenvalue weighted by Gasteiger charge is 2.21. The lowest BCUT2D eigenvalue weighted by atomic mass is 10.0. The molecular formula is C23H18N2O4. The minimum absolute atomic E-state index is 0.119. The second kappa shape index (κ2) is 7.52. The maximum absolute atomic E-state index is 12.1. The molecule has 6 nitrogen and oxygen atoms in total. The van der Waals surface area contributed by atoms with Gasteiger partial charge in [0.15, 0.2) is 0 Å². The quantitative estimate of drug-likeness (QED) is 0.298. The fourth-order valence-electron chi connectivity index (χ4n) is 3.14. The van der Waals surface area contributed by atoms with Crippen LogP contribution in [-0.4, -0.2) is 10.2 Å². The fraction of sp³-hybridized carbons (Fsp3) is 0.0435. The average molecular weight is 386 g/mol. The maximum Gasteiger partial charge on any atom is 0.253 e. The summed E-state index contributed by atoms with van der Waals surface area (Å²) < 4.78 is 0. The van der Waals surface area contributed by atoms with Crippen LogP contribution in [0.15, 0.2) is 82.4 Å². The molecule has 0 saturated carbocycles. The van der Waals surface area contributed by atoms with E-state index >= 15 is 0 Å². The zero-order valence-corrected chi connectivity index (χ0v) is 15.3. The van der Waals surface area contributed by atoms with Crippen molar-refractivity contribution in [3.05, 3.63) is 98.8 Å². The fourth-order valence-corrected chi connectivity index (χ4v) is 3.14. The van der Waals surface area contributed by atoms with Gasteiger partial charge in [0.05, 0.1) is 0 Å². The molecule has 4 N–H and O–H groups in total. The van der Waals surface area contributed by atoms with Gasteiger partial charge in [-0.1, -0.05) is 42.5 Å². The van der Waals surface area contributed by atoms with Gasteiger partial charge in [-0.05, 0) is 41.5 Å². The number of anilines is 3. The molecule has 0 unspecified atom stereocenters. The molecule has 0 aliphatic rings. The number of phenols is 2. The SMILES string of the molecule is O=c1c(NCc2cccc(O)c2)c(Nc2ccc(O)c(-c3ccccc3)c2)c1=O. The van der Waals surface area contributed by atoms with Gasteiger partial charge in [0.1, 0.15) is 22.9 Å². The summed E-state index contributed by atoms with van der Waals surface area (Å²) in [6, 6.07) is 20.9. The van der Waals surface area contributed by atoms with E-state index in [1.54, 1.807) is 36.4 Å². The van der Waals surface area contributed by atoms with Crippen LogP contribution in [0.25, 0.3) is 11.1 Å². The maximum atomic E-state index is 12.1. The topological polar surface area (TPSA) is 98.7 Å². The zero-order valence-electron chi connectivity index (χ0n) is 15.3. The van der Waals surface area contributed by atoms with Gasteiger partial charge in [0, 0.05) is 17.8 Å². The van der Waals surface area contributed by atoms with Crippen LogP contribution in [0, 0.1) is 0 Å². The molecule has 0 aliphatic carbocycles. The normalized spacial score (nSPS) is 10.8. The van der Waals surface area contributed by atoms with Crippen LogP contribution in [0.4, 0.5) is 17.1 Å². The summed E-state index contributed by atoms with van der Waals surface area (Å²) in [5.74, 6) is 0.249. The van der Waals surface area contributed by atoms with Crippen molar-refractivity contribution >= 4 is 17.1 Å². The van der Waals surface area contributed by atoms with Crippen molar-refractivity contribution < 1.29 is 10.2 Å². The minimum Gasteiger partial charge on any atom is -0.508 e. The molecule has 0 fully saturated rings. The summed E-state index contributed by atoms with van der Waals surface area (Å²) in [4.78, 5) is 24.1. The van der Waals surface area contributed by atoms with Crippen LogP contribution in [0.1, 0.15) is 5.56 Å². The van der Waals surface area contributed by atoms with Crippen LogP contribution in [0.5, 0.6) is 11.5 Å². The highest BCUT2D eigenvalue weighted by molar-refractivity contribution is 5.81. The van der Waals surface area contributed by atoms with E-state index in [2.05, 4.69) is 10.6 Å². The van der Waals surface area contributed by atoms with E-state index in [0.29, 0.717) is 17.8 Å². The average Bonchev–Trinajstić information content (AvgIpc) is 2.74. The highest BCUT2D eigenvalue weighted by Crippen LogP contribution is 2.33. The van der Waals surface area contributed by atoms with E-state index in [1.165, 1.54) is 6.07 Å². The Morgan fingerprint density at radius 3 is 2.28 bits per heavy atom. The third-order valence-corrected chi connectivity index (χ3v) is 4.64. The van der Waals surface area contributed by atoms with Crippen molar-refractivity contribution in [2.75, 3.05) is 10.6 Å².